The quantitative estimate of drug-likeness (QED) is 0.538. The molecule has 0 N–H and O–H groups in total. The van der Waals surface area contributed by atoms with E-state index in [9.17, 15) is 4.79 Å². The smallest absolute Gasteiger partial charge is 0.306 e. The maximum absolute atomic E-state index is 11.2. The van der Waals surface area contributed by atoms with Crippen LogP contribution in [-0.2, 0) is 9.53 Å². The minimum atomic E-state index is -0.154. The van der Waals surface area contributed by atoms with Crippen molar-refractivity contribution >= 4 is 5.97 Å². The summed E-state index contributed by atoms with van der Waals surface area (Å²) in [6, 6.07) is 0. The SMILES string of the molecule is CC1(C)CC[C@H]2CC(=O)O[C@@]2(C)C1. The van der Waals surface area contributed by atoms with E-state index < -0.39 is 0 Å². The molecule has 0 aromatic heterocycles. The standard InChI is InChI=1S/C11H18O2/c1-10(2)5-4-8-6-9(12)13-11(8,3)7-10/h8H,4-7H2,1-3H3/t8-,11-/m0/s1. The Morgan fingerprint density at radius 3 is 2.77 bits per heavy atom. The van der Waals surface area contributed by atoms with Gasteiger partial charge < -0.3 is 4.74 Å². The van der Waals surface area contributed by atoms with Gasteiger partial charge in [0.1, 0.15) is 5.60 Å². The Bertz CT molecular complexity index is 244. The summed E-state index contributed by atoms with van der Waals surface area (Å²) in [6.45, 7) is 6.63. The molecule has 74 valence electrons. The van der Waals surface area contributed by atoms with Crippen molar-refractivity contribution < 1.29 is 9.53 Å². The molecule has 2 fully saturated rings. The summed E-state index contributed by atoms with van der Waals surface area (Å²) in [4.78, 5) is 11.2. The monoisotopic (exact) mass is 182 g/mol. The van der Waals surface area contributed by atoms with Gasteiger partial charge in [0, 0.05) is 5.92 Å². The maximum atomic E-state index is 11.2. The summed E-state index contributed by atoms with van der Waals surface area (Å²) >= 11 is 0. The molecule has 1 saturated heterocycles. The average Bonchev–Trinajstić information content (AvgIpc) is 2.20. The van der Waals surface area contributed by atoms with E-state index >= 15 is 0 Å². The van der Waals surface area contributed by atoms with Crippen LogP contribution >= 0.6 is 0 Å². The van der Waals surface area contributed by atoms with Gasteiger partial charge in [-0.2, -0.15) is 0 Å². The van der Waals surface area contributed by atoms with Crippen molar-refractivity contribution in [1.29, 1.82) is 0 Å². The minimum absolute atomic E-state index is 0.00481. The molecule has 1 aliphatic heterocycles. The lowest BCUT2D eigenvalue weighted by molar-refractivity contribution is -0.152. The predicted molar refractivity (Wildman–Crippen MR) is 50.2 cm³/mol. The highest BCUT2D eigenvalue weighted by atomic mass is 16.6. The molecule has 0 amide bonds. The number of rotatable bonds is 0. The topological polar surface area (TPSA) is 26.3 Å². The average molecular weight is 182 g/mol. The van der Waals surface area contributed by atoms with Crippen molar-refractivity contribution in [2.75, 3.05) is 0 Å². The van der Waals surface area contributed by atoms with E-state index in [1.54, 1.807) is 0 Å². The molecule has 0 radical (unpaired) electrons. The van der Waals surface area contributed by atoms with Crippen LogP contribution in [0.15, 0.2) is 0 Å². The van der Waals surface area contributed by atoms with Crippen molar-refractivity contribution in [3.63, 3.8) is 0 Å². The number of ether oxygens (including phenoxy) is 1. The summed E-state index contributed by atoms with van der Waals surface area (Å²) in [5.74, 6) is 0.484. The molecule has 13 heavy (non-hydrogen) atoms. The zero-order chi connectivity index (χ0) is 9.69. The maximum Gasteiger partial charge on any atom is 0.306 e. The first-order valence-corrected chi connectivity index (χ1v) is 5.13. The van der Waals surface area contributed by atoms with Crippen molar-refractivity contribution in [2.24, 2.45) is 11.3 Å². The minimum Gasteiger partial charge on any atom is -0.459 e. The first-order chi connectivity index (χ1) is 5.91. The van der Waals surface area contributed by atoms with Gasteiger partial charge in [0.05, 0.1) is 6.42 Å². The number of carbonyl (C=O) groups is 1. The van der Waals surface area contributed by atoms with Crippen LogP contribution in [-0.4, -0.2) is 11.6 Å². The number of carbonyl (C=O) groups excluding carboxylic acids is 1. The van der Waals surface area contributed by atoms with Gasteiger partial charge in [0.15, 0.2) is 0 Å². The first-order valence-electron chi connectivity index (χ1n) is 5.13. The zero-order valence-corrected chi connectivity index (χ0v) is 8.72. The van der Waals surface area contributed by atoms with Crippen molar-refractivity contribution in [2.45, 2.75) is 52.1 Å². The Hall–Kier alpha value is -0.530. The van der Waals surface area contributed by atoms with Gasteiger partial charge in [0.25, 0.3) is 0 Å². The fourth-order valence-corrected chi connectivity index (χ4v) is 2.99. The molecule has 2 aliphatic rings. The Kier molecular flexibility index (Phi) is 1.73. The number of esters is 1. The van der Waals surface area contributed by atoms with Gasteiger partial charge in [-0.15, -0.1) is 0 Å². The third-order valence-corrected chi connectivity index (χ3v) is 3.62. The van der Waals surface area contributed by atoms with Crippen LogP contribution in [0.3, 0.4) is 0 Å². The molecule has 2 atom stereocenters. The lowest BCUT2D eigenvalue weighted by atomic mass is 9.65. The second-order valence-electron chi connectivity index (χ2n) is 5.57. The van der Waals surface area contributed by atoms with E-state index in [0.29, 0.717) is 17.8 Å². The Labute approximate surface area is 79.7 Å². The van der Waals surface area contributed by atoms with Gasteiger partial charge >= 0.3 is 5.97 Å². The fraction of sp³-hybridized carbons (Fsp3) is 0.909. The molecule has 0 bridgehead atoms. The molecule has 1 heterocycles. The van der Waals surface area contributed by atoms with Crippen molar-refractivity contribution in [3.05, 3.63) is 0 Å². The highest BCUT2D eigenvalue weighted by molar-refractivity contribution is 5.73. The van der Waals surface area contributed by atoms with Crippen LogP contribution in [0, 0.1) is 11.3 Å². The van der Waals surface area contributed by atoms with Gasteiger partial charge in [0.2, 0.25) is 0 Å². The zero-order valence-electron chi connectivity index (χ0n) is 8.72. The van der Waals surface area contributed by atoms with E-state index in [-0.39, 0.29) is 11.6 Å². The van der Waals surface area contributed by atoms with E-state index in [1.807, 2.05) is 0 Å². The predicted octanol–water partition coefficient (Wildman–Crippen LogP) is 2.52. The van der Waals surface area contributed by atoms with Gasteiger partial charge in [-0.3, -0.25) is 4.79 Å². The molecule has 2 heteroatoms. The van der Waals surface area contributed by atoms with Crippen LogP contribution in [0.25, 0.3) is 0 Å². The molecule has 0 unspecified atom stereocenters. The number of hydrogen-bond donors (Lipinski definition) is 0. The fourth-order valence-electron chi connectivity index (χ4n) is 2.99. The lowest BCUT2D eigenvalue weighted by Gasteiger charge is -2.42. The van der Waals surface area contributed by atoms with E-state index in [0.717, 1.165) is 12.8 Å². The Morgan fingerprint density at radius 2 is 2.08 bits per heavy atom. The van der Waals surface area contributed by atoms with Crippen LogP contribution in [0.1, 0.15) is 46.5 Å². The molecular formula is C11H18O2. The molecule has 1 aliphatic carbocycles. The number of fused-ring (bicyclic) bond motifs is 1. The summed E-state index contributed by atoms with van der Waals surface area (Å²) in [7, 11) is 0. The summed E-state index contributed by atoms with van der Waals surface area (Å²) < 4.78 is 5.45. The third kappa shape index (κ3) is 1.47. The molecular weight excluding hydrogens is 164 g/mol. The largest absolute Gasteiger partial charge is 0.459 e. The Morgan fingerprint density at radius 1 is 1.38 bits per heavy atom. The Balaban J connectivity index is 2.20. The van der Waals surface area contributed by atoms with E-state index in [1.165, 1.54) is 6.42 Å². The van der Waals surface area contributed by atoms with Gasteiger partial charge in [-0.05, 0) is 31.6 Å². The van der Waals surface area contributed by atoms with Crippen LogP contribution in [0.2, 0.25) is 0 Å². The van der Waals surface area contributed by atoms with Crippen molar-refractivity contribution in [3.8, 4) is 0 Å². The first kappa shape index (κ1) is 9.04. The van der Waals surface area contributed by atoms with Crippen LogP contribution in [0.5, 0.6) is 0 Å². The second-order valence-corrected chi connectivity index (χ2v) is 5.57. The molecule has 0 aromatic rings. The molecule has 1 saturated carbocycles. The molecule has 2 nitrogen and oxygen atoms in total. The normalized spacial score (nSPS) is 42.7. The summed E-state index contributed by atoms with van der Waals surface area (Å²) in [6.07, 6.45) is 4.04. The summed E-state index contributed by atoms with van der Waals surface area (Å²) in [5, 5.41) is 0. The van der Waals surface area contributed by atoms with Crippen molar-refractivity contribution in [1.82, 2.24) is 0 Å². The van der Waals surface area contributed by atoms with E-state index in [2.05, 4.69) is 20.8 Å². The lowest BCUT2D eigenvalue weighted by Crippen LogP contribution is -2.41. The van der Waals surface area contributed by atoms with Crippen LogP contribution < -0.4 is 0 Å². The molecule has 0 aromatic carbocycles. The summed E-state index contributed by atoms with van der Waals surface area (Å²) in [5.41, 5.74) is 0.189. The third-order valence-electron chi connectivity index (χ3n) is 3.62. The molecule has 0 spiro atoms. The number of hydrogen-bond acceptors (Lipinski definition) is 2. The van der Waals surface area contributed by atoms with E-state index in [4.69, 9.17) is 4.74 Å². The van der Waals surface area contributed by atoms with Gasteiger partial charge in [-0.1, -0.05) is 13.8 Å². The highest BCUT2D eigenvalue weighted by Crippen LogP contribution is 2.50. The highest BCUT2D eigenvalue weighted by Gasteiger charge is 2.51. The second kappa shape index (κ2) is 2.49. The van der Waals surface area contributed by atoms with Crippen LogP contribution in [0.4, 0.5) is 0 Å². The van der Waals surface area contributed by atoms with Gasteiger partial charge in [-0.25, -0.2) is 0 Å². The molecule has 2 rings (SSSR count).